The van der Waals surface area contributed by atoms with E-state index in [9.17, 15) is 0 Å². The van der Waals surface area contributed by atoms with Crippen LogP contribution in [0.5, 0.6) is 0 Å². The molecule has 0 amide bonds. The molecule has 1 aromatic rings. The molecule has 0 spiro atoms. The van der Waals surface area contributed by atoms with Gasteiger partial charge in [-0.1, -0.05) is 23.7 Å². The first-order valence-electron chi connectivity index (χ1n) is 6.82. The zero-order valence-electron chi connectivity index (χ0n) is 11.0. The highest BCUT2D eigenvalue weighted by atomic mass is 35.5. The fourth-order valence-corrected chi connectivity index (χ4v) is 2.12. The van der Waals surface area contributed by atoms with E-state index in [1.165, 1.54) is 18.4 Å². The first kappa shape index (κ1) is 13.9. The standard InChI is InChI=1S/C15H22ClNO/c1-12(14-4-2-5-15(16)10-14)17-8-3-9-18-11-13-6-7-13/h2,4-5,10,12-13,17H,3,6-9,11H2,1H3. The number of halogens is 1. The Bertz CT molecular complexity index is 365. The molecule has 0 heterocycles. The number of rotatable bonds is 8. The summed E-state index contributed by atoms with van der Waals surface area (Å²) in [4.78, 5) is 0. The lowest BCUT2D eigenvalue weighted by Crippen LogP contribution is -2.21. The van der Waals surface area contributed by atoms with E-state index in [0.29, 0.717) is 6.04 Å². The van der Waals surface area contributed by atoms with Crippen LogP contribution in [0.3, 0.4) is 0 Å². The quantitative estimate of drug-likeness (QED) is 0.724. The van der Waals surface area contributed by atoms with Crippen molar-refractivity contribution in [1.29, 1.82) is 0 Å². The number of hydrogen-bond acceptors (Lipinski definition) is 2. The average Bonchev–Trinajstić information content (AvgIpc) is 3.17. The summed E-state index contributed by atoms with van der Waals surface area (Å²) >= 11 is 5.98. The van der Waals surface area contributed by atoms with E-state index in [1.807, 2.05) is 18.2 Å². The van der Waals surface area contributed by atoms with E-state index in [4.69, 9.17) is 16.3 Å². The summed E-state index contributed by atoms with van der Waals surface area (Å²) in [5.74, 6) is 0.864. The second-order valence-corrected chi connectivity index (χ2v) is 5.54. The summed E-state index contributed by atoms with van der Waals surface area (Å²) in [6, 6.07) is 8.36. The molecule has 0 radical (unpaired) electrons. The van der Waals surface area contributed by atoms with Gasteiger partial charge in [0.1, 0.15) is 0 Å². The van der Waals surface area contributed by atoms with Crippen LogP contribution in [0.15, 0.2) is 24.3 Å². The van der Waals surface area contributed by atoms with Gasteiger partial charge in [-0.15, -0.1) is 0 Å². The Morgan fingerprint density at radius 3 is 3.00 bits per heavy atom. The molecule has 1 saturated carbocycles. The lowest BCUT2D eigenvalue weighted by molar-refractivity contribution is 0.121. The van der Waals surface area contributed by atoms with E-state index in [0.717, 1.165) is 37.1 Å². The average molecular weight is 268 g/mol. The van der Waals surface area contributed by atoms with Crippen LogP contribution in [0.25, 0.3) is 0 Å². The van der Waals surface area contributed by atoms with Crippen LogP contribution >= 0.6 is 11.6 Å². The zero-order chi connectivity index (χ0) is 12.8. The van der Waals surface area contributed by atoms with E-state index in [1.54, 1.807) is 0 Å². The Balaban J connectivity index is 1.57. The van der Waals surface area contributed by atoms with Crippen LogP contribution in [0.4, 0.5) is 0 Å². The van der Waals surface area contributed by atoms with E-state index in [2.05, 4.69) is 18.3 Å². The van der Waals surface area contributed by atoms with Crippen LogP contribution in [-0.2, 0) is 4.74 Å². The third-order valence-corrected chi connectivity index (χ3v) is 3.55. The molecule has 100 valence electrons. The largest absolute Gasteiger partial charge is 0.381 e. The van der Waals surface area contributed by atoms with Gasteiger partial charge in [-0.2, -0.15) is 0 Å². The van der Waals surface area contributed by atoms with Crippen molar-refractivity contribution in [3.8, 4) is 0 Å². The van der Waals surface area contributed by atoms with Gasteiger partial charge < -0.3 is 10.1 Å². The minimum Gasteiger partial charge on any atom is -0.381 e. The Labute approximate surface area is 115 Å². The van der Waals surface area contributed by atoms with Crippen molar-refractivity contribution >= 4 is 11.6 Å². The Morgan fingerprint density at radius 2 is 2.28 bits per heavy atom. The van der Waals surface area contributed by atoms with Crippen molar-refractivity contribution in [2.75, 3.05) is 19.8 Å². The maximum Gasteiger partial charge on any atom is 0.0494 e. The summed E-state index contributed by atoms with van der Waals surface area (Å²) in [6.07, 6.45) is 3.80. The predicted octanol–water partition coefficient (Wildman–Crippen LogP) is 3.81. The van der Waals surface area contributed by atoms with Gasteiger partial charge in [0.25, 0.3) is 0 Å². The molecule has 0 aromatic heterocycles. The van der Waals surface area contributed by atoms with Gasteiger partial charge >= 0.3 is 0 Å². The van der Waals surface area contributed by atoms with Crippen molar-refractivity contribution in [1.82, 2.24) is 5.32 Å². The molecular formula is C15H22ClNO. The predicted molar refractivity (Wildman–Crippen MR) is 76.0 cm³/mol. The fraction of sp³-hybridized carbons (Fsp3) is 0.600. The molecule has 1 N–H and O–H groups in total. The molecule has 0 saturated heterocycles. The smallest absolute Gasteiger partial charge is 0.0494 e. The first-order chi connectivity index (χ1) is 8.75. The van der Waals surface area contributed by atoms with Crippen molar-refractivity contribution in [3.05, 3.63) is 34.9 Å². The topological polar surface area (TPSA) is 21.3 Å². The molecule has 1 fully saturated rings. The molecule has 0 aliphatic heterocycles. The maximum atomic E-state index is 5.98. The van der Waals surface area contributed by atoms with E-state index < -0.39 is 0 Å². The number of hydrogen-bond donors (Lipinski definition) is 1. The zero-order valence-corrected chi connectivity index (χ0v) is 11.7. The van der Waals surface area contributed by atoms with Gasteiger partial charge in [-0.3, -0.25) is 0 Å². The Kier molecular flexibility index (Phi) is 5.48. The SMILES string of the molecule is CC(NCCCOCC1CC1)c1cccc(Cl)c1. The van der Waals surface area contributed by atoms with Gasteiger partial charge in [-0.25, -0.2) is 0 Å². The molecule has 0 bridgehead atoms. The number of nitrogens with one attached hydrogen (secondary N) is 1. The van der Waals surface area contributed by atoms with Crippen molar-refractivity contribution in [2.24, 2.45) is 5.92 Å². The highest BCUT2D eigenvalue weighted by Gasteiger charge is 2.20. The van der Waals surface area contributed by atoms with Crippen molar-refractivity contribution in [3.63, 3.8) is 0 Å². The lowest BCUT2D eigenvalue weighted by atomic mass is 10.1. The highest BCUT2D eigenvalue weighted by Crippen LogP contribution is 2.28. The second kappa shape index (κ2) is 7.13. The maximum absolute atomic E-state index is 5.98. The molecule has 2 rings (SSSR count). The van der Waals surface area contributed by atoms with Gasteiger partial charge in [0.15, 0.2) is 0 Å². The lowest BCUT2D eigenvalue weighted by Gasteiger charge is -2.14. The fourth-order valence-electron chi connectivity index (χ4n) is 1.92. The summed E-state index contributed by atoms with van der Waals surface area (Å²) < 4.78 is 5.60. The van der Waals surface area contributed by atoms with Gasteiger partial charge in [-0.05, 0) is 56.3 Å². The van der Waals surface area contributed by atoms with Crippen LogP contribution in [0, 0.1) is 5.92 Å². The Morgan fingerprint density at radius 1 is 1.44 bits per heavy atom. The molecule has 1 unspecified atom stereocenters. The third-order valence-electron chi connectivity index (χ3n) is 3.32. The molecule has 1 aliphatic carbocycles. The summed E-state index contributed by atoms with van der Waals surface area (Å²) in [5, 5.41) is 4.29. The summed E-state index contributed by atoms with van der Waals surface area (Å²) in [5.41, 5.74) is 1.24. The van der Waals surface area contributed by atoms with Gasteiger partial charge in [0.05, 0.1) is 0 Å². The van der Waals surface area contributed by atoms with Crippen LogP contribution in [0.1, 0.15) is 37.8 Å². The van der Waals surface area contributed by atoms with Crippen LogP contribution in [-0.4, -0.2) is 19.8 Å². The second-order valence-electron chi connectivity index (χ2n) is 5.10. The number of benzene rings is 1. The van der Waals surface area contributed by atoms with Crippen molar-refractivity contribution < 1.29 is 4.74 Å². The van der Waals surface area contributed by atoms with Crippen molar-refractivity contribution in [2.45, 2.75) is 32.2 Å². The molecule has 1 aliphatic rings. The minimum absolute atomic E-state index is 0.340. The highest BCUT2D eigenvalue weighted by molar-refractivity contribution is 6.30. The van der Waals surface area contributed by atoms with E-state index >= 15 is 0 Å². The number of ether oxygens (including phenoxy) is 1. The van der Waals surface area contributed by atoms with Gasteiger partial charge in [0, 0.05) is 24.3 Å². The Hall–Kier alpha value is -0.570. The summed E-state index contributed by atoms with van der Waals surface area (Å²) in [7, 11) is 0. The first-order valence-corrected chi connectivity index (χ1v) is 7.20. The van der Waals surface area contributed by atoms with Crippen LogP contribution < -0.4 is 5.32 Å². The minimum atomic E-state index is 0.340. The molecule has 3 heteroatoms. The molecule has 2 nitrogen and oxygen atoms in total. The molecule has 1 atom stereocenters. The van der Waals surface area contributed by atoms with Crippen LogP contribution in [0.2, 0.25) is 5.02 Å². The monoisotopic (exact) mass is 267 g/mol. The molecule has 1 aromatic carbocycles. The van der Waals surface area contributed by atoms with Gasteiger partial charge in [0.2, 0.25) is 0 Å². The van der Waals surface area contributed by atoms with E-state index in [-0.39, 0.29) is 0 Å². The summed E-state index contributed by atoms with van der Waals surface area (Å²) in [6.45, 7) is 4.98. The molecular weight excluding hydrogens is 246 g/mol. The normalized spacial score (nSPS) is 16.8. The molecule has 18 heavy (non-hydrogen) atoms. The third kappa shape index (κ3) is 4.97.